The van der Waals surface area contributed by atoms with Gasteiger partial charge in [0, 0.05) is 48.6 Å². The van der Waals surface area contributed by atoms with E-state index >= 15 is 0 Å². The van der Waals surface area contributed by atoms with Crippen LogP contribution >= 0.6 is 0 Å². The van der Waals surface area contributed by atoms with Gasteiger partial charge in [0.05, 0.1) is 11.1 Å². The van der Waals surface area contributed by atoms with Crippen LogP contribution in [-0.4, -0.2) is 41.7 Å². The number of nitrogens with two attached hydrogens (primary N) is 1. The molecule has 0 bridgehead atoms. The van der Waals surface area contributed by atoms with Crippen molar-refractivity contribution in [2.75, 3.05) is 18.0 Å². The molecule has 2 aromatic carbocycles. The van der Waals surface area contributed by atoms with E-state index in [1.165, 1.54) is 24.3 Å². The minimum Gasteiger partial charge on any atom is -0.439 e. The van der Waals surface area contributed by atoms with Gasteiger partial charge in [-0.15, -0.1) is 0 Å². The van der Waals surface area contributed by atoms with Crippen LogP contribution in [0.5, 0.6) is 5.75 Å². The molecule has 3 aromatic rings. The number of nitrogens with zero attached hydrogens (tertiary/aromatic N) is 3. The molecular weight excluding hydrogens is 496 g/mol. The summed E-state index contributed by atoms with van der Waals surface area (Å²) in [5.41, 5.74) is 7.96. The molecule has 0 radical (unpaired) electrons. The lowest BCUT2D eigenvalue weighted by Gasteiger charge is -2.43. The van der Waals surface area contributed by atoms with Crippen molar-refractivity contribution in [2.24, 2.45) is 5.73 Å². The summed E-state index contributed by atoms with van der Waals surface area (Å²) in [6.07, 6.45) is 7.25. The maximum absolute atomic E-state index is 12.5. The van der Waals surface area contributed by atoms with Crippen molar-refractivity contribution in [1.82, 2.24) is 10.3 Å². The third-order valence-corrected chi connectivity index (χ3v) is 7.51. The molecule has 3 atom stereocenters. The Morgan fingerprint density at radius 1 is 1.13 bits per heavy atom. The van der Waals surface area contributed by atoms with Gasteiger partial charge >= 0.3 is 6.61 Å². The van der Waals surface area contributed by atoms with Crippen molar-refractivity contribution in [2.45, 2.75) is 62.8 Å². The molecule has 1 saturated heterocycles. The van der Waals surface area contributed by atoms with Crippen molar-refractivity contribution in [3.05, 3.63) is 70.7 Å². The fourth-order valence-corrected chi connectivity index (χ4v) is 5.53. The number of nitro groups is 1. The predicted octanol–water partition coefficient (Wildman–Crippen LogP) is 5.21. The van der Waals surface area contributed by atoms with Crippen LogP contribution in [0.25, 0.3) is 11.3 Å². The van der Waals surface area contributed by atoms with Gasteiger partial charge in [0.1, 0.15) is 11.3 Å². The van der Waals surface area contributed by atoms with Gasteiger partial charge in [-0.1, -0.05) is 12.8 Å². The highest BCUT2D eigenvalue weighted by Crippen LogP contribution is 2.37. The van der Waals surface area contributed by atoms with Crippen LogP contribution in [0.2, 0.25) is 0 Å². The number of nitrogens with one attached hydrogen (secondary N) is 1. The van der Waals surface area contributed by atoms with Crippen molar-refractivity contribution < 1.29 is 22.9 Å². The highest BCUT2D eigenvalue weighted by Gasteiger charge is 2.44. The zero-order chi connectivity index (χ0) is 26.7. The van der Waals surface area contributed by atoms with Gasteiger partial charge in [-0.3, -0.25) is 10.1 Å². The molecule has 1 saturated carbocycles. The van der Waals surface area contributed by atoms with E-state index in [-0.39, 0.29) is 28.4 Å². The van der Waals surface area contributed by atoms with Crippen LogP contribution < -0.4 is 20.7 Å². The van der Waals surface area contributed by atoms with Gasteiger partial charge in [0.25, 0.3) is 5.69 Å². The molecule has 3 unspecified atom stereocenters. The van der Waals surface area contributed by atoms with Crippen molar-refractivity contribution in [1.29, 1.82) is 0 Å². The molecule has 2 aliphatic rings. The monoisotopic (exact) mass is 527 g/mol. The first-order valence-corrected chi connectivity index (χ1v) is 12.9. The quantitative estimate of drug-likeness (QED) is 0.303. The van der Waals surface area contributed by atoms with Crippen LogP contribution in [-0.2, 0) is 5.54 Å². The third-order valence-electron chi connectivity index (χ3n) is 7.51. The van der Waals surface area contributed by atoms with E-state index in [0.29, 0.717) is 17.2 Å². The SMILES string of the molecule is NC1(c2ncc(-c3ccc(OC(F)F)cc3)o2)CCCCC1NC1CCCN(c2ccc([N+](=O)[O-])cc2)C1. The number of benzene rings is 2. The Labute approximate surface area is 219 Å². The molecule has 1 aliphatic heterocycles. The lowest BCUT2D eigenvalue weighted by atomic mass is 9.77. The summed E-state index contributed by atoms with van der Waals surface area (Å²) in [5, 5.41) is 14.8. The fourth-order valence-electron chi connectivity index (χ4n) is 5.53. The minimum atomic E-state index is -2.88. The molecule has 2 heterocycles. The first-order chi connectivity index (χ1) is 18.3. The molecule has 11 heteroatoms. The summed E-state index contributed by atoms with van der Waals surface area (Å²) >= 11 is 0. The van der Waals surface area contributed by atoms with E-state index in [4.69, 9.17) is 10.2 Å². The topological polar surface area (TPSA) is 120 Å². The molecule has 1 aromatic heterocycles. The number of aromatic nitrogens is 1. The average molecular weight is 528 g/mol. The molecular formula is C27H31F2N5O4. The maximum Gasteiger partial charge on any atom is 0.387 e. The van der Waals surface area contributed by atoms with Crippen molar-refractivity contribution in [3.8, 4) is 17.1 Å². The van der Waals surface area contributed by atoms with Gasteiger partial charge in [0.2, 0.25) is 5.89 Å². The Morgan fingerprint density at radius 3 is 2.61 bits per heavy atom. The average Bonchev–Trinajstić information content (AvgIpc) is 3.42. The van der Waals surface area contributed by atoms with Crippen LogP contribution in [0, 0.1) is 10.1 Å². The maximum atomic E-state index is 12.5. The summed E-state index contributed by atoms with van der Waals surface area (Å²) in [6, 6.07) is 13.1. The first kappa shape index (κ1) is 26.1. The number of non-ortho nitro benzene ring substituents is 1. The Kier molecular flexibility index (Phi) is 7.57. The number of nitro benzene ring substituents is 1. The number of oxazole rings is 1. The summed E-state index contributed by atoms with van der Waals surface area (Å²) in [7, 11) is 0. The van der Waals surface area contributed by atoms with Gasteiger partial charge < -0.3 is 25.1 Å². The summed E-state index contributed by atoms with van der Waals surface area (Å²) in [5.74, 6) is 1.05. The van der Waals surface area contributed by atoms with E-state index in [9.17, 15) is 18.9 Å². The number of ether oxygens (including phenoxy) is 1. The van der Waals surface area contributed by atoms with E-state index in [0.717, 1.165) is 57.3 Å². The predicted molar refractivity (Wildman–Crippen MR) is 138 cm³/mol. The molecule has 0 spiro atoms. The van der Waals surface area contributed by atoms with Crippen LogP contribution in [0.4, 0.5) is 20.2 Å². The Bertz CT molecular complexity index is 1240. The molecule has 1 aliphatic carbocycles. The van der Waals surface area contributed by atoms with E-state index in [2.05, 4.69) is 19.9 Å². The van der Waals surface area contributed by atoms with Crippen molar-refractivity contribution >= 4 is 11.4 Å². The van der Waals surface area contributed by atoms with E-state index in [1.807, 2.05) is 0 Å². The smallest absolute Gasteiger partial charge is 0.387 e. The minimum absolute atomic E-state index is 0.0358. The highest BCUT2D eigenvalue weighted by molar-refractivity contribution is 5.57. The second-order valence-electron chi connectivity index (χ2n) is 10.00. The molecule has 38 heavy (non-hydrogen) atoms. The van der Waals surface area contributed by atoms with Gasteiger partial charge in [-0.05, 0) is 62.1 Å². The lowest BCUT2D eigenvalue weighted by Crippen LogP contribution is -2.61. The van der Waals surface area contributed by atoms with E-state index < -0.39 is 12.2 Å². The second-order valence-corrected chi connectivity index (χ2v) is 10.00. The second kappa shape index (κ2) is 11.0. The standard InChI is InChI=1S/C27H31F2N5O4/c28-26(29)37-22-12-6-18(7-13-22)23-16-31-25(38-23)27(30)14-2-1-5-24(27)32-19-4-3-15-33(17-19)20-8-10-21(11-9-20)34(35)36/h6-13,16,19,24,26,32H,1-5,14-15,17,30H2. The molecule has 2 fully saturated rings. The first-order valence-electron chi connectivity index (χ1n) is 12.9. The number of hydrogen-bond acceptors (Lipinski definition) is 8. The largest absolute Gasteiger partial charge is 0.439 e. The number of hydrogen-bond donors (Lipinski definition) is 2. The number of halogens is 2. The number of alkyl halides is 2. The highest BCUT2D eigenvalue weighted by atomic mass is 19.3. The Hall–Kier alpha value is -3.57. The van der Waals surface area contributed by atoms with Crippen molar-refractivity contribution in [3.63, 3.8) is 0 Å². The third kappa shape index (κ3) is 5.63. The normalized spacial score (nSPS) is 23.9. The zero-order valence-electron chi connectivity index (χ0n) is 20.9. The van der Waals surface area contributed by atoms with Crippen LogP contribution in [0.15, 0.2) is 59.1 Å². The molecule has 9 nitrogen and oxygen atoms in total. The molecule has 3 N–H and O–H groups in total. The molecule has 202 valence electrons. The number of rotatable bonds is 8. The van der Waals surface area contributed by atoms with Gasteiger partial charge in [0.15, 0.2) is 5.76 Å². The summed E-state index contributed by atoms with van der Waals surface area (Å²) in [6.45, 7) is -1.22. The number of piperidine rings is 1. The Morgan fingerprint density at radius 2 is 1.89 bits per heavy atom. The lowest BCUT2D eigenvalue weighted by molar-refractivity contribution is -0.384. The Balaban J connectivity index is 1.28. The van der Waals surface area contributed by atoms with Crippen LogP contribution in [0.3, 0.4) is 0 Å². The van der Waals surface area contributed by atoms with Gasteiger partial charge in [-0.2, -0.15) is 8.78 Å². The fraction of sp³-hybridized carbons (Fsp3) is 0.444. The molecule has 5 rings (SSSR count). The van der Waals surface area contributed by atoms with Crippen LogP contribution in [0.1, 0.15) is 44.4 Å². The zero-order valence-corrected chi connectivity index (χ0v) is 20.9. The summed E-state index contributed by atoms with van der Waals surface area (Å²) < 4.78 is 35.5. The summed E-state index contributed by atoms with van der Waals surface area (Å²) in [4.78, 5) is 17.4. The molecule has 0 amide bonds. The van der Waals surface area contributed by atoms with Gasteiger partial charge in [-0.25, -0.2) is 4.98 Å². The van der Waals surface area contributed by atoms with E-state index in [1.54, 1.807) is 30.5 Å². The number of anilines is 1.